The number of hydrogen-bond acceptors (Lipinski definition) is 3. The number of carboxylic acid groups (broad SMARTS) is 1. The lowest BCUT2D eigenvalue weighted by atomic mass is 10.3. The number of alkyl halides is 3. The van der Waals surface area contributed by atoms with Gasteiger partial charge in [-0.15, -0.1) is 0 Å². The van der Waals surface area contributed by atoms with Gasteiger partial charge < -0.3 is 9.84 Å². The molecule has 0 aromatic carbocycles. The van der Waals surface area contributed by atoms with E-state index >= 15 is 0 Å². The van der Waals surface area contributed by atoms with Crippen LogP contribution in [0.5, 0.6) is 5.88 Å². The van der Waals surface area contributed by atoms with E-state index in [9.17, 15) is 18.0 Å². The van der Waals surface area contributed by atoms with E-state index in [1.54, 1.807) is 0 Å². The minimum absolute atomic E-state index is 0.00539. The molecule has 0 aliphatic rings. The monoisotopic (exact) mass is 283 g/mol. The number of halogens is 4. The predicted molar refractivity (Wildman–Crippen MR) is 57.0 cm³/mol. The molecule has 0 atom stereocenters. The molecule has 1 N–H and O–H groups in total. The number of aromatic nitrogens is 1. The predicted octanol–water partition coefficient (Wildman–Crippen LogP) is 3.15. The van der Waals surface area contributed by atoms with E-state index < -0.39 is 18.6 Å². The highest BCUT2D eigenvalue weighted by atomic mass is 35.5. The van der Waals surface area contributed by atoms with Crippen LogP contribution in [0.3, 0.4) is 0 Å². The van der Waals surface area contributed by atoms with Crippen molar-refractivity contribution in [1.82, 2.24) is 4.98 Å². The maximum absolute atomic E-state index is 11.9. The molecule has 0 fully saturated rings. The van der Waals surface area contributed by atoms with Crippen LogP contribution < -0.4 is 4.74 Å². The van der Waals surface area contributed by atoms with Gasteiger partial charge in [-0.1, -0.05) is 11.6 Å². The van der Waals surface area contributed by atoms with Crippen molar-refractivity contribution in [3.05, 3.63) is 22.8 Å². The number of aromatic carboxylic acids is 1. The third kappa shape index (κ3) is 4.79. The van der Waals surface area contributed by atoms with Crippen LogP contribution in [-0.2, 0) is 0 Å². The van der Waals surface area contributed by atoms with Gasteiger partial charge in [-0.05, 0) is 18.6 Å². The Morgan fingerprint density at radius 2 is 2.11 bits per heavy atom. The molecule has 0 saturated carbocycles. The van der Waals surface area contributed by atoms with Crippen molar-refractivity contribution in [1.29, 1.82) is 0 Å². The first-order valence-corrected chi connectivity index (χ1v) is 5.27. The topological polar surface area (TPSA) is 59.4 Å². The molecule has 0 aliphatic carbocycles. The van der Waals surface area contributed by atoms with Gasteiger partial charge in [-0.2, -0.15) is 13.2 Å². The van der Waals surface area contributed by atoms with Crippen LogP contribution in [0.1, 0.15) is 23.2 Å². The van der Waals surface area contributed by atoms with Crippen LogP contribution >= 0.6 is 11.6 Å². The summed E-state index contributed by atoms with van der Waals surface area (Å²) in [6.07, 6.45) is -5.55. The SMILES string of the molecule is O=C(O)c1ccc(Cl)nc1OCCCC(F)(F)F. The maximum Gasteiger partial charge on any atom is 0.389 e. The summed E-state index contributed by atoms with van der Waals surface area (Å²) < 4.78 is 40.5. The van der Waals surface area contributed by atoms with Crippen molar-refractivity contribution in [3.8, 4) is 5.88 Å². The van der Waals surface area contributed by atoms with Gasteiger partial charge in [-0.25, -0.2) is 9.78 Å². The molecule has 100 valence electrons. The molecule has 18 heavy (non-hydrogen) atoms. The minimum Gasteiger partial charge on any atom is -0.477 e. The zero-order valence-electron chi connectivity index (χ0n) is 9.00. The molecule has 1 rings (SSSR count). The lowest BCUT2D eigenvalue weighted by molar-refractivity contribution is -0.136. The van der Waals surface area contributed by atoms with Gasteiger partial charge in [0, 0.05) is 6.42 Å². The Kier molecular flexibility index (Phi) is 4.77. The van der Waals surface area contributed by atoms with Crippen LogP contribution in [0.15, 0.2) is 12.1 Å². The molecular formula is C10H9ClF3NO3. The third-order valence-electron chi connectivity index (χ3n) is 1.90. The standard InChI is InChI=1S/C10H9ClF3NO3/c11-7-3-2-6(9(16)17)8(15-7)18-5-1-4-10(12,13)14/h2-3H,1,4-5H2,(H,16,17). The Morgan fingerprint density at radius 3 is 2.67 bits per heavy atom. The molecule has 1 aromatic rings. The summed E-state index contributed by atoms with van der Waals surface area (Å²) in [5.41, 5.74) is -0.244. The summed E-state index contributed by atoms with van der Waals surface area (Å²) in [4.78, 5) is 14.4. The Labute approximate surface area is 105 Å². The Bertz CT molecular complexity index is 437. The second-order valence-electron chi connectivity index (χ2n) is 3.36. The molecule has 0 radical (unpaired) electrons. The first-order chi connectivity index (χ1) is 8.29. The second-order valence-corrected chi connectivity index (χ2v) is 3.75. The van der Waals surface area contributed by atoms with Gasteiger partial charge in [0.1, 0.15) is 10.7 Å². The summed E-state index contributed by atoms with van der Waals surface area (Å²) in [6.45, 7) is -0.285. The zero-order chi connectivity index (χ0) is 13.8. The number of carboxylic acids is 1. The molecule has 4 nitrogen and oxygen atoms in total. The van der Waals surface area contributed by atoms with Crippen molar-refractivity contribution >= 4 is 17.6 Å². The maximum atomic E-state index is 11.9. The van der Waals surface area contributed by atoms with E-state index in [2.05, 4.69) is 4.98 Å². The van der Waals surface area contributed by atoms with Crippen LogP contribution in [0.25, 0.3) is 0 Å². The highest BCUT2D eigenvalue weighted by Gasteiger charge is 2.26. The number of hydrogen-bond donors (Lipinski definition) is 1. The highest BCUT2D eigenvalue weighted by molar-refractivity contribution is 6.29. The Balaban J connectivity index is 2.61. The number of rotatable bonds is 5. The number of nitrogens with zero attached hydrogens (tertiary/aromatic N) is 1. The fourth-order valence-corrected chi connectivity index (χ4v) is 1.27. The largest absolute Gasteiger partial charge is 0.477 e. The number of pyridine rings is 1. The number of ether oxygens (including phenoxy) is 1. The Morgan fingerprint density at radius 1 is 1.44 bits per heavy atom. The minimum atomic E-state index is -4.26. The molecule has 0 unspecified atom stereocenters. The molecule has 0 bridgehead atoms. The molecule has 8 heteroatoms. The van der Waals surface area contributed by atoms with E-state index in [4.69, 9.17) is 21.4 Å². The van der Waals surface area contributed by atoms with Crippen LogP contribution in [0.4, 0.5) is 13.2 Å². The molecular weight excluding hydrogens is 275 g/mol. The van der Waals surface area contributed by atoms with Crippen molar-refractivity contribution in [3.63, 3.8) is 0 Å². The van der Waals surface area contributed by atoms with E-state index in [0.717, 1.165) is 0 Å². The quantitative estimate of drug-likeness (QED) is 0.666. The summed E-state index contributed by atoms with van der Waals surface area (Å²) in [6, 6.07) is 2.43. The van der Waals surface area contributed by atoms with Crippen molar-refractivity contribution in [2.45, 2.75) is 19.0 Å². The van der Waals surface area contributed by atoms with Crippen LogP contribution in [-0.4, -0.2) is 28.8 Å². The summed E-state index contributed by atoms with van der Waals surface area (Å²) in [7, 11) is 0. The van der Waals surface area contributed by atoms with Crippen LogP contribution in [0, 0.1) is 0 Å². The normalized spacial score (nSPS) is 11.3. The fraction of sp³-hybridized carbons (Fsp3) is 0.400. The van der Waals surface area contributed by atoms with E-state index in [1.807, 2.05) is 0 Å². The van der Waals surface area contributed by atoms with E-state index in [-0.39, 0.29) is 29.6 Å². The van der Waals surface area contributed by atoms with Gasteiger partial charge in [0.2, 0.25) is 5.88 Å². The molecule has 1 aromatic heterocycles. The smallest absolute Gasteiger partial charge is 0.389 e. The first-order valence-electron chi connectivity index (χ1n) is 4.89. The van der Waals surface area contributed by atoms with Gasteiger partial charge in [-0.3, -0.25) is 0 Å². The Hall–Kier alpha value is -1.50. The van der Waals surface area contributed by atoms with E-state index in [1.165, 1.54) is 12.1 Å². The average Bonchev–Trinajstić information content (AvgIpc) is 2.22. The van der Waals surface area contributed by atoms with Crippen molar-refractivity contribution in [2.24, 2.45) is 0 Å². The van der Waals surface area contributed by atoms with Crippen molar-refractivity contribution in [2.75, 3.05) is 6.61 Å². The summed E-state index contributed by atoms with van der Waals surface area (Å²) >= 11 is 5.54. The lowest BCUT2D eigenvalue weighted by Crippen LogP contribution is -2.11. The average molecular weight is 284 g/mol. The van der Waals surface area contributed by atoms with Gasteiger partial charge in [0.25, 0.3) is 0 Å². The first kappa shape index (κ1) is 14.6. The third-order valence-corrected chi connectivity index (χ3v) is 2.11. The summed E-state index contributed by atoms with van der Waals surface area (Å²) in [5, 5.41) is 8.80. The highest BCUT2D eigenvalue weighted by Crippen LogP contribution is 2.23. The summed E-state index contributed by atoms with van der Waals surface area (Å²) in [5.74, 6) is -1.57. The van der Waals surface area contributed by atoms with Gasteiger partial charge >= 0.3 is 12.1 Å². The molecule has 0 aliphatic heterocycles. The number of carbonyl (C=O) groups is 1. The molecule has 0 saturated heterocycles. The van der Waals surface area contributed by atoms with Crippen molar-refractivity contribution < 1.29 is 27.8 Å². The molecule has 1 heterocycles. The molecule has 0 amide bonds. The van der Waals surface area contributed by atoms with Gasteiger partial charge in [0.15, 0.2) is 0 Å². The second kappa shape index (κ2) is 5.90. The van der Waals surface area contributed by atoms with Gasteiger partial charge in [0.05, 0.1) is 6.61 Å². The lowest BCUT2D eigenvalue weighted by Gasteiger charge is -2.09. The molecule has 0 spiro atoms. The van der Waals surface area contributed by atoms with Crippen LogP contribution in [0.2, 0.25) is 5.15 Å². The van der Waals surface area contributed by atoms with E-state index in [0.29, 0.717) is 0 Å². The fourth-order valence-electron chi connectivity index (χ4n) is 1.13. The zero-order valence-corrected chi connectivity index (χ0v) is 9.75.